The molecule has 2 aliphatic carbocycles. The Morgan fingerprint density at radius 1 is 0.927 bits per heavy atom. The van der Waals surface area contributed by atoms with E-state index in [2.05, 4.69) is 24.3 Å². The van der Waals surface area contributed by atoms with E-state index in [1.807, 2.05) is 35.0 Å². The Kier molecular flexibility index (Phi) is 6.42. The highest BCUT2D eigenvalue weighted by atomic mass is 19.1. The third kappa shape index (κ3) is 4.93. The van der Waals surface area contributed by atoms with Crippen molar-refractivity contribution >= 4 is 22.7 Å². The van der Waals surface area contributed by atoms with Gasteiger partial charge in [0.25, 0.3) is 0 Å². The van der Waals surface area contributed by atoms with Crippen LogP contribution in [0.2, 0.25) is 0 Å². The van der Waals surface area contributed by atoms with Crippen LogP contribution in [0.25, 0.3) is 22.0 Å². The number of ketones is 1. The van der Waals surface area contributed by atoms with Crippen LogP contribution in [0.3, 0.4) is 0 Å². The number of carbonyl (C=O) groups excluding carboxylic acids is 1. The molecule has 3 aromatic carbocycles. The summed E-state index contributed by atoms with van der Waals surface area (Å²) >= 11 is 0. The largest absolute Gasteiger partial charge is 0.486 e. The molecular formula is C34H32FNO5. The van der Waals surface area contributed by atoms with Gasteiger partial charge in [0.1, 0.15) is 17.7 Å². The zero-order valence-electron chi connectivity index (χ0n) is 22.7. The molecule has 1 aromatic heterocycles. The molecule has 0 radical (unpaired) electrons. The van der Waals surface area contributed by atoms with Crippen LogP contribution in [-0.2, 0) is 16.1 Å². The minimum Gasteiger partial charge on any atom is -0.486 e. The molecule has 0 atom stereocenters. The van der Waals surface area contributed by atoms with Crippen molar-refractivity contribution in [1.29, 1.82) is 0 Å². The van der Waals surface area contributed by atoms with E-state index in [-0.39, 0.29) is 35.0 Å². The highest BCUT2D eigenvalue weighted by molar-refractivity contribution is 6.07. The summed E-state index contributed by atoms with van der Waals surface area (Å²) in [6, 6.07) is 21.1. The molecule has 6 nitrogen and oxygen atoms in total. The fourth-order valence-corrected chi connectivity index (χ4v) is 7.02. The lowest BCUT2D eigenvalue weighted by molar-refractivity contribution is -0.157. The SMILES string of the molecule is O=C(CC1CC2(C1)CC(C(=O)O)C2)c1ccc(F)c2ccn(Cc3ccc(-c4ccc(OC5COC5)cc4)cc3)c12. The van der Waals surface area contributed by atoms with Gasteiger partial charge >= 0.3 is 5.97 Å². The van der Waals surface area contributed by atoms with Gasteiger partial charge < -0.3 is 19.1 Å². The molecular weight excluding hydrogens is 521 g/mol. The number of rotatable bonds is 9. The lowest BCUT2D eigenvalue weighted by Gasteiger charge is -2.56. The number of aromatic nitrogens is 1. The second-order valence-electron chi connectivity index (χ2n) is 12.1. The number of hydrogen-bond donors (Lipinski definition) is 1. The van der Waals surface area contributed by atoms with Crippen LogP contribution in [0.5, 0.6) is 5.75 Å². The third-order valence-electron chi connectivity index (χ3n) is 9.20. The topological polar surface area (TPSA) is 77.8 Å². The molecule has 0 amide bonds. The second kappa shape index (κ2) is 10.1. The number of carboxylic acids is 1. The Hall–Kier alpha value is -3.97. The number of fused-ring (bicyclic) bond motifs is 1. The summed E-state index contributed by atoms with van der Waals surface area (Å²) < 4.78 is 27.7. The van der Waals surface area contributed by atoms with Crippen molar-refractivity contribution in [1.82, 2.24) is 4.57 Å². The molecule has 0 unspecified atom stereocenters. The summed E-state index contributed by atoms with van der Waals surface area (Å²) in [5, 5.41) is 9.65. The second-order valence-corrected chi connectivity index (χ2v) is 12.1. The van der Waals surface area contributed by atoms with Gasteiger partial charge in [0.05, 0.1) is 24.6 Å². The standard InChI is InChI=1S/C34H32FNO5/c35-30-10-9-29(31(37)13-22-14-34(15-22)16-25(17-34)33(38)39)32-28(30)11-12-36(32)18-21-1-3-23(4-2-21)24-5-7-26(8-6-24)41-27-19-40-20-27/h1-12,22,25,27H,13-20H2,(H,38,39). The predicted octanol–water partition coefficient (Wildman–Crippen LogP) is 6.74. The molecule has 4 aromatic rings. The van der Waals surface area contributed by atoms with Gasteiger partial charge in [-0.2, -0.15) is 0 Å². The van der Waals surface area contributed by atoms with Gasteiger partial charge in [0.2, 0.25) is 0 Å². The number of Topliss-reactive ketones (excluding diaryl/α,β-unsaturated/α-hetero) is 1. The zero-order valence-corrected chi connectivity index (χ0v) is 22.7. The first-order valence-corrected chi connectivity index (χ1v) is 14.3. The van der Waals surface area contributed by atoms with Gasteiger partial charge in [-0.15, -0.1) is 0 Å². The Labute approximate surface area is 237 Å². The third-order valence-corrected chi connectivity index (χ3v) is 9.20. The van der Waals surface area contributed by atoms with E-state index >= 15 is 0 Å². The fraction of sp³-hybridized carbons (Fsp3) is 0.353. The van der Waals surface area contributed by atoms with Gasteiger partial charge in [-0.3, -0.25) is 9.59 Å². The van der Waals surface area contributed by atoms with E-state index < -0.39 is 5.97 Å². The van der Waals surface area contributed by atoms with Crippen LogP contribution in [-0.4, -0.2) is 40.7 Å². The molecule has 7 rings (SSSR count). The van der Waals surface area contributed by atoms with Gasteiger partial charge in [-0.25, -0.2) is 4.39 Å². The van der Waals surface area contributed by atoms with E-state index in [9.17, 15) is 19.1 Å². The van der Waals surface area contributed by atoms with Crippen LogP contribution in [0.1, 0.15) is 48.0 Å². The van der Waals surface area contributed by atoms with Gasteiger partial charge in [0.15, 0.2) is 5.78 Å². The van der Waals surface area contributed by atoms with Crippen molar-refractivity contribution in [2.45, 2.75) is 44.8 Å². The minimum atomic E-state index is -0.710. The highest BCUT2D eigenvalue weighted by Crippen LogP contribution is 2.62. The van der Waals surface area contributed by atoms with E-state index in [1.165, 1.54) is 6.07 Å². The quantitative estimate of drug-likeness (QED) is 0.232. The number of carboxylic acid groups (broad SMARTS) is 1. The zero-order chi connectivity index (χ0) is 28.1. The maximum absolute atomic E-state index is 14.8. The number of halogens is 1. The summed E-state index contributed by atoms with van der Waals surface area (Å²) in [6.45, 7) is 1.80. The summed E-state index contributed by atoms with van der Waals surface area (Å²) in [6.07, 6.45) is 5.68. The molecule has 210 valence electrons. The Morgan fingerprint density at radius 2 is 1.61 bits per heavy atom. The van der Waals surface area contributed by atoms with Crippen LogP contribution >= 0.6 is 0 Å². The molecule has 41 heavy (non-hydrogen) atoms. The van der Waals surface area contributed by atoms with Crippen molar-refractivity contribution in [2.75, 3.05) is 13.2 Å². The Balaban J connectivity index is 1.04. The van der Waals surface area contributed by atoms with Gasteiger partial charge in [-0.1, -0.05) is 36.4 Å². The molecule has 2 saturated carbocycles. The van der Waals surface area contributed by atoms with Crippen LogP contribution in [0, 0.1) is 23.1 Å². The average Bonchev–Trinajstić information content (AvgIpc) is 3.32. The van der Waals surface area contributed by atoms with Gasteiger partial charge in [-0.05, 0) is 84.0 Å². The Morgan fingerprint density at radius 3 is 2.24 bits per heavy atom. The molecule has 1 N–H and O–H groups in total. The summed E-state index contributed by atoms with van der Waals surface area (Å²) in [5.74, 6) is -0.146. The van der Waals surface area contributed by atoms with Gasteiger partial charge in [0, 0.05) is 30.1 Å². The highest BCUT2D eigenvalue weighted by Gasteiger charge is 2.54. The molecule has 0 bridgehead atoms. The van der Waals surface area contributed by atoms with Crippen molar-refractivity contribution in [3.05, 3.63) is 89.9 Å². The summed E-state index contributed by atoms with van der Waals surface area (Å²) in [7, 11) is 0. The van der Waals surface area contributed by atoms with E-state index in [4.69, 9.17) is 9.47 Å². The maximum atomic E-state index is 14.8. The summed E-state index contributed by atoms with van der Waals surface area (Å²) in [4.78, 5) is 24.6. The molecule has 2 heterocycles. The molecule has 1 saturated heterocycles. The predicted molar refractivity (Wildman–Crippen MR) is 153 cm³/mol. The lowest BCUT2D eigenvalue weighted by Crippen LogP contribution is -2.50. The fourth-order valence-electron chi connectivity index (χ4n) is 7.02. The molecule has 3 fully saturated rings. The number of carbonyl (C=O) groups is 2. The molecule has 7 heteroatoms. The molecule has 1 spiro atoms. The van der Waals surface area contributed by atoms with E-state index in [0.29, 0.717) is 42.6 Å². The first-order valence-electron chi connectivity index (χ1n) is 14.3. The number of ether oxygens (including phenoxy) is 2. The first kappa shape index (κ1) is 26.0. The number of aliphatic carboxylic acids is 1. The monoisotopic (exact) mass is 553 g/mol. The number of nitrogens with zero attached hydrogens (tertiary/aromatic N) is 1. The van der Waals surface area contributed by atoms with Crippen LogP contribution < -0.4 is 4.74 Å². The van der Waals surface area contributed by atoms with Crippen LogP contribution in [0.15, 0.2) is 72.9 Å². The van der Waals surface area contributed by atoms with E-state index in [0.717, 1.165) is 48.1 Å². The van der Waals surface area contributed by atoms with Crippen LogP contribution in [0.4, 0.5) is 4.39 Å². The van der Waals surface area contributed by atoms with Crippen molar-refractivity contribution in [2.24, 2.45) is 17.3 Å². The van der Waals surface area contributed by atoms with Crippen molar-refractivity contribution < 1.29 is 28.6 Å². The normalized spacial score (nSPS) is 23.5. The lowest BCUT2D eigenvalue weighted by atomic mass is 9.47. The smallest absolute Gasteiger partial charge is 0.306 e. The van der Waals surface area contributed by atoms with E-state index in [1.54, 1.807) is 12.1 Å². The van der Waals surface area contributed by atoms with Crippen molar-refractivity contribution in [3.8, 4) is 16.9 Å². The first-order chi connectivity index (χ1) is 19.9. The summed E-state index contributed by atoms with van der Waals surface area (Å²) in [5.41, 5.74) is 4.55. The minimum absolute atomic E-state index is 0.0246. The number of benzene rings is 3. The van der Waals surface area contributed by atoms with Crippen molar-refractivity contribution in [3.63, 3.8) is 0 Å². The molecule has 3 aliphatic rings. The number of hydrogen-bond acceptors (Lipinski definition) is 4. The molecule has 1 aliphatic heterocycles. The Bertz CT molecular complexity index is 1610. The average molecular weight is 554 g/mol. The maximum Gasteiger partial charge on any atom is 0.306 e.